The van der Waals surface area contributed by atoms with Crippen LogP contribution in [0.3, 0.4) is 0 Å². The van der Waals surface area contributed by atoms with E-state index in [4.69, 9.17) is 9.47 Å². The maximum Gasteiger partial charge on any atom is 0.395 e. The zero-order valence-corrected chi connectivity index (χ0v) is 16.3. The van der Waals surface area contributed by atoms with Crippen LogP contribution in [0.1, 0.15) is 22.5 Å². The first kappa shape index (κ1) is 20.6. The van der Waals surface area contributed by atoms with Gasteiger partial charge < -0.3 is 19.6 Å². The van der Waals surface area contributed by atoms with Gasteiger partial charge in [0.1, 0.15) is 12.4 Å². The number of nitrogens with one attached hydrogen (secondary N) is 1. The minimum Gasteiger partial charge on any atom is -0.493 e. The first-order valence-electron chi connectivity index (χ1n) is 8.89. The van der Waals surface area contributed by atoms with Crippen molar-refractivity contribution in [3.8, 4) is 17.4 Å². The lowest BCUT2D eigenvalue weighted by Crippen LogP contribution is -2.14. The lowest BCUT2D eigenvalue weighted by molar-refractivity contribution is -0.387. The van der Waals surface area contributed by atoms with E-state index in [-0.39, 0.29) is 5.82 Å². The summed E-state index contributed by atoms with van der Waals surface area (Å²) in [6.07, 6.45) is 3.02. The minimum atomic E-state index is -1.04. The fraction of sp³-hybridized carbons (Fsp3) is 0.143. The highest BCUT2D eigenvalue weighted by Gasteiger charge is 2.21. The van der Waals surface area contributed by atoms with E-state index >= 15 is 0 Å². The zero-order chi connectivity index (χ0) is 21.7. The Morgan fingerprint density at radius 2 is 1.90 bits per heavy atom. The SMILES string of the molecule is COc1cc(/C=C/c2nc(O)c([N+](=O)[O-])c(=O)[nH]2)ccc1OCc1ccc(C)cc1. The Labute approximate surface area is 171 Å². The highest BCUT2D eigenvalue weighted by atomic mass is 16.6. The van der Waals surface area contributed by atoms with E-state index < -0.39 is 22.0 Å². The Morgan fingerprint density at radius 3 is 2.53 bits per heavy atom. The van der Waals surface area contributed by atoms with E-state index in [1.807, 2.05) is 31.2 Å². The quantitative estimate of drug-likeness (QED) is 0.452. The smallest absolute Gasteiger partial charge is 0.395 e. The summed E-state index contributed by atoms with van der Waals surface area (Å²) < 4.78 is 11.2. The molecule has 1 heterocycles. The van der Waals surface area contributed by atoms with Crippen LogP contribution >= 0.6 is 0 Å². The van der Waals surface area contributed by atoms with Gasteiger partial charge in [-0.05, 0) is 36.3 Å². The van der Waals surface area contributed by atoms with Crippen LogP contribution in [-0.2, 0) is 6.61 Å². The summed E-state index contributed by atoms with van der Waals surface area (Å²) in [5, 5.41) is 20.3. The van der Waals surface area contributed by atoms with Crippen molar-refractivity contribution < 1.29 is 19.5 Å². The van der Waals surface area contributed by atoms with Gasteiger partial charge in [-0.2, -0.15) is 4.98 Å². The van der Waals surface area contributed by atoms with Gasteiger partial charge in [0.2, 0.25) is 0 Å². The largest absolute Gasteiger partial charge is 0.493 e. The number of nitro groups is 1. The summed E-state index contributed by atoms with van der Waals surface area (Å²) >= 11 is 0. The molecule has 3 rings (SSSR count). The molecule has 9 nitrogen and oxygen atoms in total. The van der Waals surface area contributed by atoms with Crippen LogP contribution in [0.5, 0.6) is 17.4 Å². The first-order chi connectivity index (χ1) is 14.4. The number of hydrogen-bond acceptors (Lipinski definition) is 7. The zero-order valence-electron chi connectivity index (χ0n) is 16.3. The van der Waals surface area contributed by atoms with Crippen LogP contribution in [-0.4, -0.2) is 27.1 Å². The van der Waals surface area contributed by atoms with Gasteiger partial charge in [0, 0.05) is 0 Å². The monoisotopic (exact) mass is 409 g/mol. The Bertz CT molecular complexity index is 1150. The van der Waals surface area contributed by atoms with Gasteiger partial charge in [-0.15, -0.1) is 0 Å². The molecule has 9 heteroatoms. The summed E-state index contributed by atoms with van der Waals surface area (Å²) in [4.78, 5) is 27.3. The van der Waals surface area contributed by atoms with Gasteiger partial charge in [0.25, 0.3) is 5.88 Å². The number of aromatic amines is 1. The highest BCUT2D eigenvalue weighted by molar-refractivity contribution is 5.68. The highest BCUT2D eigenvalue weighted by Crippen LogP contribution is 2.29. The van der Waals surface area contributed by atoms with Gasteiger partial charge in [-0.3, -0.25) is 14.9 Å². The van der Waals surface area contributed by atoms with Crippen molar-refractivity contribution in [3.63, 3.8) is 0 Å². The van der Waals surface area contributed by atoms with Gasteiger partial charge >= 0.3 is 11.2 Å². The molecular weight excluding hydrogens is 390 g/mol. The maximum atomic E-state index is 11.7. The lowest BCUT2D eigenvalue weighted by atomic mass is 10.1. The van der Waals surface area contributed by atoms with Crippen LogP contribution < -0.4 is 15.0 Å². The molecule has 0 atom stereocenters. The van der Waals surface area contributed by atoms with E-state index in [1.165, 1.54) is 18.7 Å². The second-order valence-electron chi connectivity index (χ2n) is 6.40. The predicted octanol–water partition coefficient (Wildman–Crippen LogP) is 3.45. The number of H-pyrrole nitrogens is 1. The molecule has 0 aliphatic rings. The molecule has 0 spiro atoms. The fourth-order valence-electron chi connectivity index (χ4n) is 2.64. The normalized spacial score (nSPS) is 10.9. The average Bonchev–Trinajstić information content (AvgIpc) is 2.71. The molecule has 0 unspecified atom stereocenters. The number of aryl methyl sites for hydroxylation is 1. The number of nitrogens with zero attached hydrogens (tertiary/aromatic N) is 2. The number of hydrogen-bond donors (Lipinski definition) is 2. The van der Waals surface area contributed by atoms with Crippen LogP contribution in [0.15, 0.2) is 47.3 Å². The number of rotatable bonds is 7. The van der Waals surface area contributed by atoms with Crippen molar-refractivity contribution in [3.05, 3.63) is 85.4 Å². The lowest BCUT2D eigenvalue weighted by Gasteiger charge is -2.11. The Morgan fingerprint density at radius 1 is 1.17 bits per heavy atom. The molecule has 0 saturated heterocycles. The molecular formula is C21H19N3O6. The second-order valence-corrected chi connectivity index (χ2v) is 6.40. The van der Waals surface area contributed by atoms with Crippen LogP contribution in [0.2, 0.25) is 0 Å². The Balaban J connectivity index is 1.76. The van der Waals surface area contributed by atoms with Crippen molar-refractivity contribution in [2.24, 2.45) is 0 Å². The molecule has 1 aromatic heterocycles. The third-order valence-corrected chi connectivity index (χ3v) is 4.21. The average molecular weight is 409 g/mol. The van der Waals surface area contributed by atoms with E-state index in [1.54, 1.807) is 24.3 Å². The number of benzene rings is 2. The molecule has 2 aromatic carbocycles. The van der Waals surface area contributed by atoms with Gasteiger partial charge in [0.15, 0.2) is 11.5 Å². The third-order valence-electron chi connectivity index (χ3n) is 4.21. The minimum absolute atomic E-state index is 0.0261. The maximum absolute atomic E-state index is 11.7. The molecule has 0 bridgehead atoms. The van der Waals surface area contributed by atoms with E-state index in [9.17, 15) is 20.0 Å². The van der Waals surface area contributed by atoms with Crippen molar-refractivity contribution in [1.82, 2.24) is 9.97 Å². The molecule has 0 aliphatic heterocycles. The third kappa shape index (κ3) is 4.82. The van der Waals surface area contributed by atoms with Crippen molar-refractivity contribution in [2.75, 3.05) is 7.11 Å². The second kappa shape index (κ2) is 8.91. The number of aromatic nitrogens is 2. The van der Waals surface area contributed by atoms with Gasteiger partial charge in [-0.25, -0.2) is 0 Å². The Kier molecular flexibility index (Phi) is 6.11. The van der Waals surface area contributed by atoms with E-state index in [0.717, 1.165) is 5.56 Å². The van der Waals surface area contributed by atoms with Crippen LogP contribution in [0.4, 0.5) is 5.69 Å². The molecule has 0 aliphatic carbocycles. The van der Waals surface area contributed by atoms with E-state index in [0.29, 0.717) is 23.7 Å². The molecule has 154 valence electrons. The summed E-state index contributed by atoms with van der Waals surface area (Å²) in [5.74, 6) is 0.106. The van der Waals surface area contributed by atoms with Crippen LogP contribution in [0, 0.1) is 17.0 Å². The van der Waals surface area contributed by atoms with Gasteiger partial charge in [0.05, 0.1) is 12.0 Å². The number of ether oxygens (including phenoxy) is 2. The predicted molar refractivity (Wildman–Crippen MR) is 111 cm³/mol. The van der Waals surface area contributed by atoms with Crippen molar-refractivity contribution in [2.45, 2.75) is 13.5 Å². The van der Waals surface area contributed by atoms with Gasteiger partial charge in [-0.1, -0.05) is 42.0 Å². The molecule has 0 radical (unpaired) electrons. The Hall–Kier alpha value is -4.14. The van der Waals surface area contributed by atoms with Crippen LogP contribution in [0.25, 0.3) is 12.2 Å². The topological polar surface area (TPSA) is 128 Å². The summed E-state index contributed by atoms with van der Waals surface area (Å²) in [7, 11) is 1.52. The number of aromatic hydroxyl groups is 1. The summed E-state index contributed by atoms with van der Waals surface area (Å²) in [6.45, 7) is 2.40. The first-order valence-corrected chi connectivity index (χ1v) is 8.89. The summed E-state index contributed by atoms with van der Waals surface area (Å²) in [5.41, 5.74) is 0.868. The summed E-state index contributed by atoms with van der Waals surface area (Å²) in [6, 6.07) is 13.3. The van der Waals surface area contributed by atoms with Crippen molar-refractivity contribution >= 4 is 17.8 Å². The standard InChI is InChI=1S/C21H19N3O6/c1-13-3-5-15(6-4-13)12-30-16-9-7-14(11-17(16)29-2)8-10-18-22-20(25)19(24(27)28)21(26)23-18/h3-11H,12H2,1-2H3,(H2,22,23,25,26)/b10-8+. The molecule has 3 aromatic rings. The van der Waals surface area contributed by atoms with E-state index in [2.05, 4.69) is 9.97 Å². The molecule has 0 amide bonds. The number of methoxy groups -OCH3 is 1. The molecule has 0 fully saturated rings. The fourth-order valence-corrected chi connectivity index (χ4v) is 2.64. The molecule has 0 saturated carbocycles. The molecule has 30 heavy (non-hydrogen) atoms. The molecule has 2 N–H and O–H groups in total. The van der Waals surface area contributed by atoms with Crippen molar-refractivity contribution in [1.29, 1.82) is 0 Å².